The van der Waals surface area contributed by atoms with Crippen molar-refractivity contribution >= 4 is 5.91 Å². The van der Waals surface area contributed by atoms with E-state index in [-0.39, 0.29) is 5.91 Å². The Morgan fingerprint density at radius 1 is 1.18 bits per heavy atom. The van der Waals surface area contributed by atoms with Gasteiger partial charge in [0.2, 0.25) is 5.91 Å². The molecule has 144 valence electrons. The highest BCUT2D eigenvalue weighted by Gasteiger charge is 2.17. The monoisotopic (exact) mass is 374 g/mol. The van der Waals surface area contributed by atoms with E-state index in [9.17, 15) is 4.79 Å². The smallest absolute Gasteiger partial charge is 0.221 e. The molecular weight excluding hydrogens is 348 g/mol. The molecule has 2 heterocycles. The lowest BCUT2D eigenvalue weighted by Crippen LogP contribution is -2.31. The molecule has 1 atom stereocenters. The molecule has 1 aliphatic heterocycles. The van der Waals surface area contributed by atoms with Crippen molar-refractivity contribution in [3.8, 4) is 11.1 Å². The van der Waals surface area contributed by atoms with E-state index in [0.29, 0.717) is 19.0 Å². The number of rotatable bonds is 7. The standard InChI is InChI=1S/C23H26N4O/c28-23(14-21-5-3-11-25-21)26-15-20-4-1-2-6-22(20)19-9-7-18(8-10-19)16-27-13-12-24-17-27/h1-2,4,6-10,12-13,17,21,25H,3,5,11,14-16H2,(H,26,28). The summed E-state index contributed by atoms with van der Waals surface area (Å²) < 4.78 is 2.05. The third-order valence-corrected chi connectivity index (χ3v) is 5.28. The summed E-state index contributed by atoms with van der Waals surface area (Å²) in [7, 11) is 0. The number of benzene rings is 2. The average Bonchev–Trinajstić information content (AvgIpc) is 3.42. The van der Waals surface area contributed by atoms with E-state index >= 15 is 0 Å². The summed E-state index contributed by atoms with van der Waals surface area (Å²) in [6.07, 6.45) is 8.40. The van der Waals surface area contributed by atoms with Crippen molar-refractivity contribution in [2.24, 2.45) is 0 Å². The molecule has 2 aromatic carbocycles. The van der Waals surface area contributed by atoms with E-state index in [0.717, 1.165) is 42.6 Å². The molecular formula is C23H26N4O. The highest BCUT2D eigenvalue weighted by atomic mass is 16.1. The van der Waals surface area contributed by atoms with E-state index < -0.39 is 0 Å². The Morgan fingerprint density at radius 2 is 2.04 bits per heavy atom. The van der Waals surface area contributed by atoms with Crippen LogP contribution in [0.15, 0.2) is 67.3 Å². The van der Waals surface area contributed by atoms with Crippen molar-refractivity contribution in [1.29, 1.82) is 0 Å². The zero-order valence-corrected chi connectivity index (χ0v) is 16.0. The summed E-state index contributed by atoms with van der Waals surface area (Å²) in [6.45, 7) is 2.39. The Morgan fingerprint density at radius 3 is 2.79 bits per heavy atom. The summed E-state index contributed by atoms with van der Waals surface area (Å²) in [5.41, 5.74) is 4.70. The van der Waals surface area contributed by atoms with Crippen LogP contribution in [0, 0.1) is 0 Å². The second-order valence-corrected chi connectivity index (χ2v) is 7.36. The van der Waals surface area contributed by atoms with Gasteiger partial charge in [-0.1, -0.05) is 48.5 Å². The first kappa shape index (κ1) is 18.4. The largest absolute Gasteiger partial charge is 0.352 e. The molecule has 5 nitrogen and oxygen atoms in total. The minimum Gasteiger partial charge on any atom is -0.352 e. The third-order valence-electron chi connectivity index (χ3n) is 5.28. The lowest BCUT2D eigenvalue weighted by atomic mass is 9.98. The van der Waals surface area contributed by atoms with Crippen molar-refractivity contribution in [1.82, 2.24) is 20.2 Å². The van der Waals surface area contributed by atoms with Crippen molar-refractivity contribution in [3.05, 3.63) is 78.4 Å². The molecule has 1 unspecified atom stereocenters. The van der Waals surface area contributed by atoms with Crippen LogP contribution in [0.25, 0.3) is 11.1 Å². The molecule has 0 saturated carbocycles. The van der Waals surface area contributed by atoms with Crippen molar-refractivity contribution in [2.75, 3.05) is 6.54 Å². The number of nitrogens with zero attached hydrogens (tertiary/aromatic N) is 2. The maximum atomic E-state index is 12.3. The number of amides is 1. The molecule has 3 aromatic rings. The van der Waals surface area contributed by atoms with Crippen molar-refractivity contribution in [3.63, 3.8) is 0 Å². The van der Waals surface area contributed by atoms with Gasteiger partial charge in [-0.05, 0) is 41.6 Å². The fourth-order valence-electron chi connectivity index (χ4n) is 3.76. The van der Waals surface area contributed by atoms with E-state index in [1.807, 2.05) is 24.7 Å². The maximum Gasteiger partial charge on any atom is 0.221 e. The molecule has 5 heteroatoms. The predicted molar refractivity (Wildman–Crippen MR) is 111 cm³/mol. The average molecular weight is 374 g/mol. The highest BCUT2D eigenvalue weighted by Crippen LogP contribution is 2.24. The van der Waals surface area contributed by atoms with Crippen LogP contribution >= 0.6 is 0 Å². The van der Waals surface area contributed by atoms with Crippen LogP contribution in [0.3, 0.4) is 0 Å². The third kappa shape index (κ3) is 4.67. The zero-order chi connectivity index (χ0) is 19.2. The number of hydrogen-bond donors (Lipinski definition) is 2. The number of imidazole rings is 1. The van der Waals surface area contributed by atoms with Gasteiger partial charge in [-0.2, -0.15) is 0 Å². The lowest BCUT2D eigenvalue weighted by Gasteiger charge is -2.13. The highest BCUT2D eigenvalue weighted by molar-refractivity contribution is 5.77. The van der Waals surface area contributed by atoms with Crippen LogP contribution in [-0.4, -0.2) is 28.0 Å². The number of aromatic nitrogens is 2. The fourth-order valence-corrected chi connectivity index (χ4v) is 3.76. The molecule has 0 bridgehead atoms. The SMILES string of the molecule is O=C(CC1CCCN1)NCc1ccccc1-c1ccc(Cn2ccnc2)cc1. The molecule has 1 saturated heterocycles. The first-order valence-electron chi connectivity index (χ1n) is 9.91. The molecule has 1 fully saturated rings. The second kappa shape index (κ2) is 8.85. The number of carbonyl (C=O) groups excluding carboxylic acids is 1. The molecule has 0 spiro atoms. The van der Waals surface area contributed by atoms with Gasteiger partial charge in [-0.3, -0.25) is 4.79 Å². The lowest BCUT2D eigenvalue weighted by molar-refractivity contribution is -0.121. The van der Waals surface area contributed by atoms with Gasteiger partial charge in [-0.15, -0.1) is 0 Å². The van der Waals surface area contributed by atoms with Crippen LogP contribution in [-0.2, 0) is 17.9 Å². The molecule has 4 rings (SSSR count). The van der Waals surface area contributed by atoms with Gasteiger partial charge in [0.25, 0.3) is 0 Å². The summed E-state index contributed by atoms with van der Waals surface area (Å²) in [6, 6.07) is 17.2. The molecule has 0 aliphatic carbocycles. The molecule has 1 aromatic heterocycles. The summed E-state index contributed by atoms with van der Waals surface area (Å²) in [5.74, 6) is 0.116. The van der Waals surface area contributed by atoms with Gasteiger partial charge in [0.15, 0.2) is 0 Å². The number of nitrogens with one attached hydrogen (secondary N) is 2. The van der Waals surface area contributed by atoms with Crippen LogP contribution in [0.4, 0.5) is 0 Å². The number of carbonyl (C=O) groups is 1. The van der Waals surface area contributed by atoms with Crippen LogP contribution < -0.4 is 10.6 Å². The molecule has 2 N–H and O–H groups in total. The van der Waals surface area contributed by atoms with Gasteiger partial charge in [0.1, 0.15) is 0 Å². The van der Waals surface area contributed by atoms with E-state index in [1.165, 1.54) is 5.56 Å². The Kier molecular flexibility index (Phi) is 5.83. The van der Waals surface area contributed by atoms with E-state index in [4.69, 9.17) is 0 Å². The molecule has 0 radical (unpaired) electrons. The van der Waals surface area contributed by atoms with Crippen molar-refractivity contribution in [2.45, 2.75) is 38.4 Å². The van der Waals surface area contributed by atoms with Gasteiger partial charge in [0.05, 0.1) is 6.33 Å². The zero-order valence-electron chi connectivity index (χ0n) is 16.0. The quantitative estimate of drug-likeness (QED) is 0.667. The Hall–Kier alpha value is -2.92. The Labute approximate surface area is 165 Å². The van der Waals surface area contributed by atoms with Gasteiger partial charge < -0.3 is 15.2 Å². The van der Waals surface area contributed by atoms with E-state index in [1.54, 1.807) is 6.20 Å². The van der Waals surface area contributed by atoms with Gasteiger partial charge in [-0.25, -0.2) is 4.98 Å². The maximum absolute atomic E-state index is 12.3. The summed E-state index contributed by atoms with van der Waals surface area (Å²) in [4.78, 5) is 16.3. The predicted octanol–water partition coefficient (Wildman–Crippen LogP) is 3.36. The Bertz CT molecular complexity index is 897. The summed E-state index contributed by atoms with van der Waals surface area (Å²) >= 11 is 0. The number of hydrogen-bond acceptors (Lipinski definition) is 3. The van der Waals surface area contributed by atoms with Crippen molar-refractivity contribution < 1.29 is 4.79 Å². The first-order valence-corrected chi connectivity index (χ1v) is 9.91. The first-order chi connectivity index (χ1) is 13.8. The van der Waals surface area contributed by atoms with Crippen LogP contribution in [0.2, 0.25) is 0 Å². The normalized spacial score (nSPS) is 16.2. The molecule has 1 aliphatic rings. The molecule has 1 amide bonds. The Balaban J connectivity index is 1.41. The minimum atomic E-state index is 0.116. The second-order valence-electron chi connectivity index (χ2n) is 7.36. The minimum absolute atomic E-state index is 0.116. The van der Waals surface area contributed by atoms with Gasteiger partial charge in [0, 0.05) is 37.9 Å². The van der Waals surface area contributed by atoms with E-state index in [2.05, 4.69) is 56.6 Å². The van der Waals surface area contributed by atoms with Crippen LogP contribution in [0.1, 0.15) is 30.4 Å². The summed E-state index contributed by atoms with van der Waals surface area (Å²) in [5, 5.41) is 6.47. The fraction of sp³-hybridized carbons (Fsp3) is 0.304. The topological polar surface area (TPSA) is 59.0 Å². The van der Waals surface area contributed by atoms with Gasteiger partial charge >= 0.3 is 0 Å². The molecule has 28 heavy (non-hydrogen) atoms. The van der Waals surface area contributed by atoms with Crippen LogP contribution in [0.5, 0.6) is 0 Å².